The van der Waals surface area contributed by atoms with Gasteiger partial charge in [-0.15, -0.1) is 11.6 Å². The minimum absolute atomic E-state index is 0.0742. The van der Waals surface area contributed by atoms with Crippen LogP contribution in [0.5, 0.6) is 0 Å². The van der Waals surface area contributed by atoms with Gasteiger partial charge in [-0.25, -0.2) is 0 Å². The predicted octanol–water partition coefficient (Wildman–Crippen LogP) is 2.80. The van der Waals surface area contributed by atoms with Crippen LogP contribution in [0.1, 0.15) is 40.5 Å². The van der Waals surface area contributed by atoms with E-state index < -0.39 is 0 Å². The zero-order valence-corrected chi connectivity index (χ0v) is 11.1. The van der Waals surface area contributed by atoms with Crippen LogP contribution in [0.25, 0.3) is 0 Å². The van der Waals surface area contributed by atoms with Crippen LogP contribution in [0.15, 0.2) is 0 Å². The van der Waals surface area contributed by atoms with Crippen LogP contribution in [0, 0.1) is 5.92 Å². The summed E-state index contributed by atoms with van der Waals surface area (Å²) in [5.74, 6) is 0.528. The Morgan fingerprint density at radius 2 is 2.13 bits per heavy atom. The zero-order valence-electron chi connectivity index (χ0n) is 10.3. The number of nitrogens with one attached hydrogen (secondary N) is 1. The van der Waals surface area contributed by atoms with Crippen molar-refractivity contribution in [1.82, 2.24) is 5.32 Å². The molecule has 0 spiro atoms. The first-order chi connectivity index (χ1) is 6.91. The molecule has 2 unspecified atom stereocenters. The number of hydrogen-bond acceptors (Lipinski definition) is 2. The number of alkyl halides is 1. The molecule has 1 aliphatic rings. The van der Waals surface area contributed by atoms with E-state index in [-0.39, 0.29) is 11.0 Å². The molecule has 3 heteroatoms. The van der Waals surface area contributed by atoms with Crippen LogP contribution in [-0.4, -0.2) is 30.2 Å². The van der Waals surface area contributed by atoms with Crippen molar-refractivity contribution in [2.24, 2.45) is 5.92 Å². The van der Waals surface area contributed by atoms with E-state index in [1.165, 1.54) is 0 Å². The quantitative estimate of drug-likeness (QED) is 0.738. The van der Waals surface area contributed by atoms with Gasteiger partial charge in [0.2, 0.25) is 0 Å². The second kappa shape index (κ2) is 5.51. The van der Waals surface area contributed by atoms with Gasteiger partial charge in [-0.2, -0.15) is 0 Å². The molecule has 1 heterocycles. The van der Waals surface area contributed by atoms with Gasteiger partial charge in [0.1, 0.15) is 0 Å². The molecule has 1 rings (SSSR count). The molecule has 0 aliphatic carbocycles. The maximum absolute atomic E-state index is 6.15. The third-order valence-corrected chi connectivity index (χ3v) is 3.65. The minimum Gasteiger partial charge on any atom is -0.371 e. The summed E-state index contributed by atoms with van der Waals surface area (Å²) in [7, 11) is 0. The molecule has 15 heavy (non-hydrogen) atoms. The van der Waals surface area contributed by atoms with Gasteiger partial charge < -0.3 is 10.1 Å². The second-order valence-electron chi connectivity index (χ2n) is 5.46. The molecule has 0 bridgehead atoms. The molecule has 2 atom stereocenters. The number of hydrogen-bond donors (Lipinski definition) is 1. The molecule has 0 radical (unpaired) electrons. The largest absolute Gasteiger partial charge is 0.371 e. The second-order valence-corrected chi connectivity index (χ2v) is 6.02. The van der Waals surface area contributed by atoms with Crippen LogP contribution in [0.2, 0.25) is 0 Å². The maximum atomic E-state index is 6.15. The van der Waals surface area contributed by atoms with Crippen LogP contribution < -0.4 is 5.32 Å². The van der Waals surface area contributed by atoms with Crippen molar-refractivity contribution in [1.29, 1.82) is 0 Å². The van der Waals surface area contributed by atoms with Crippen molar-refractivity contribution in [3.63, 3.8) is 0 Å². The van der Waals surface area contributed by atoms with Gasteiger partial charge >= 0.3 is 0 Å². The number of rotatable bonds is 5. The normalized spacial score (nSPS) is 27.2. The summed E-state index contributed by atoms with van der Waals surface area (Å²) in [5.41, 5.74) is 0.0742. The van der Waals surface area contributed by atoms with Gasteiger partial charge in [-0.3, -0.25) is 0 Å². The van der Waals surface area contributed by atoms with E-state index in [1.807, 2.05) is 0 Å². The lowest BCUT2D eigenvalue weighted by Gasteiger charge is -2.20. The molecule has 90 valence electrons. The molecular formula is C12H24ClNO. The molecule has 0 saturated carbocycles. The molecule has 1 N–H and O–H groups in total. The fraction of sp³-hybridized carbons (Fsp3) is 1.00. The Labute approximate surface area is 98.7 Å². The molecule has 1 fully saturated rings. The molecule has 1 saturated heterocycles. The molecular weight excluding hydrogens is 210 g/mol. The Balaban J connectivity index is 2.11. The third kappa shape index (κ3) is 4.71. The average Bonchev–Trinajstić information content (AvgIpc) is 2.45. The number of ether oxygens (including phenoxy) is 1. The Morgan fingerprint density at radius 3 is 2.60 bits per heavy atom. The Kier molecular flexibility index (Phi) is 4.88. The predicted molar refractivity (Wildman–Crippen MR) is 65.5 cm³/mol. The van der Waals surface area contributed by atoms with Gasteiger partial charge in [0, 0.05) is 18.5 Å². The van der Waals surface area contributed by atoms with Crippen LogP contribution >= 0.6 is 11.6 Å². The first kappa shape index (κ1) is 13.3. The standard InChI is InChI=1S/C12H24ClNO/c1-9(2)11(13)8-14-7-10-5-6-12(3,4)15-10/h9-11,14H,5-8H2,1-4H3. The highest BCUT2D eigenvalue weighted by Gasteiger charge is 2.31. The lowest BCUT2D eigenvalue weighted by atomic mass is 10.1. The Hall–Kier alpha value is 0.210. The molecule has 0 aromatic heterocycles. The molecule has 2 nitrogen and oxygen atoms in total. The van der Waals surface area contributed by atoms with E-state index in [1.54, 1.807) is 0 Å². The lowest BCUT2D eigenvalue weighted by molar-refractivity contribution is -0.0141. The van der Waals surface area contributed by atoms with Crippen molar-refractivity contribution in [2.45, 2.75) is 57.6 Å². The average molecular weight is 234 g/mol. The SMILES string of the molecule is CC(C)C(Cl)CNCC1CCC(C)(C)O1. The smallest absolute Gasteiger partial charge is 0.0707 e. The van der Waals surface area contributed by atoms with E-state index in [9.17, 15) is 0 Å². The lowest BCUT2D eigenvalue weighted by Crippen LogP contribution is -2.34. The maximum Gasteiger partial charge on any atom is 0.0707 e. The van der Waals surface area contributed by atoms with Crippen molar-refractivity contribution in [3.8, 4) is 0 Å². The van der Waals surface area contributed by atoms with Gasteiger partial charge in [0.25, 0.3) is 0 Å². The zero-order chi connectivity index (χ0) is 11.5. The van der Waals surface area contributed by atoms with Crippen molar-refractivity contribution in [3.05, 3.63) is 0 Å². The van der Waals surface area contributed by atoms with Crippen LogP contribution in [0.4, 0.5) is 0 Å². The molecule has 0 amide bonds. The molecule has 1 aliphatic heterocycles. The van der Waals surface area contributed by atoms with E-state index in [0.29, 0.717) is 12.0 Å². The van der Waals surface area contributed by atoms with Gasteiger partial charge in [-0.05, 0) is 32.6 Å². The first-order valence-corrected chi connectivity index (χ1v) is 6.37. The summed E-state index contributed by atoms with van der Waals surface area (Å²) in [4.78, 5) is 0. The minimum atomic E-state index is 0.0742. The van der Waals surface area contributed by atoms with Gasteiger partial charge in [0.15, 0.2) is 0 Å². The number of halogens is 1. The highest BCUT2D eigenvalue weighted by atomic mass is 35.5. The molecule has 0 aromatic carbocycles. The fourth-order valence-electron chi connectivity index (χ4n) is 1.84. The monoisotopic (exact) mass is 233 g/mol. The first-order valence-electron chi connectivity index (χ1n) is 5.93. The summed E-state index contributed by atoms with van der Waals surface area (Å²) < 4.78 is 5.89. The fourth-order valence-corrected chi connectivity index (χ4v) is 1.95. The summed E-state index contributed by atoms with van der Waals surface area (Å²) in [6.45, 7) is 10.4. The highest BCUT2D eigenvalue weighted by molar-refractivity contribution is 6.20. The van der Waals surface area contributed by atoms with E-state index >= 15 is 0 Å². The van der Waals surface area contributed by atoms with Crippen molar-refractivity contribution < 1.29 is 4.74 Å². The summed E-state index contributed by atoms with van der Waals surface area (Å²) in [6, 6.07) is 0. The van der Waals surface area contributed by atoms with Crippen LogP contribution in [-0.2, 0) is 4.74 Å². The Morgan fingerprint density at radius 1 is 1.47 bits per heavy atom. The van der Waals surface area contributed by atoms with Crippen LogP contribution in [0.3, 0.4) is 0 Å². The summed E-state index contributed by atoms with van der Waals surface area (Å²) >= 11 is 6.15. The highest BCUT2D eigenvalue weighted by Crippen LogP contribution is 2.28. The van der Waals surface area contributed by atoms with E-state index in [4.69, 9.17) is 16.3 Å². The van der Waals surface area contributed by atoms with E-state index in [2.05, 4.69) is 33.0 Å². The van der Waals surface area contributed by atoms with E-state index in [0.717, 1.165) is 25.9 Å². The topological polar surface area (TPSA) is 21.3 Å². The van der Waals surface area contributed by atoms with Gasteiger partial charge in [-0.1, -0.05) is 13.8 Å². The summed E-state index contributed by atoms with van der Waals surface area (Å²) in [5, 5.41) is 3.61. The third-order valence-electron chi connectivity index (χ3n) is 2.99. The Bertz CT molecular complexity index is 194. The van der Waals surface area contributed by atoms with Crippen molar-refractivity contribution >= 4 is 11.6 Å². The summed E-state index contributed by atoms with van der Waals surface area (Å²) in [6.07, 6.45) is 2.69. The van der Waals surface area contributed by atoms with Crippen molar-refractivity contribution in [2.75, 3.05) is 13.1 Å². The van der Waals surface area contributed by atoms with Gasteiger partial charge in [0.05, 0.1) is 11.7 Å². The molecule has 0 aromatic rings.